The molecule has 0 saturated heterocycles. The second-order valence-corrected chi connectivity index (χ2v) is 9.07. The summed E-state index contributed by atoms with van der Waals surface area (Å²) in [5, 5.41) is 9.90. The Hall–Kier alpha value is -5.22. The minimum absolute atomic E-state index is 0.00823. The molecule has 1 heterocycles. The van der Waals surface area contributed by atoms with Crippen molar-refractivity contribution in [3.8, 4) is 34.8 Å². The monoisotopic (exact) mass is 518 g/mol. The maximum Gasteiger partial charge on any atom is 0.349 e. The Bertz CT molecular complexity index is 1600. The zero-order valence-corrected chi connectivity index (χ0v) is 21.5. The molecule has 5 rings (SSSR count). The molecule has 0 bridgehead atoms. The van der Waals surface area contributed by atoms with Gasteiger partial charge in [0.25, 0.3) is 0 Å². The fraction of sp³-hybridized carbons (Fsp3) is 0.125. The Morgan fingerprint density at radius 3 is 2.49 bits per heavy atom. The number of aryl methyl sites for hydroxylation is 1. The first-order valence-corrected chi connectivity index (χ1v) is 12.4. The number of nitrogens with zero attached hydrogens (tertiary/aromatic N) is 1. The Morgan fingerprint density at radius 1 is 0.923 bits per heavy atom. The molecule has 1 aliphatic heterocycles. The van der Waals surface area contributed by atoms with E-state index in [2.05, 4.69) is 6.07 Å². The number of carbonyl (C=O) groups excluding carboxylic acids is 1. The summed E-state index contributed by atoms with van der Waals surface area (Å²) >= 11 is 0. The molecule has 4 aromatic carbocycles. The van der Waals surface area contributed by atoms with E-state index in [1.165, 1.54) is 0 Å². The molecule has 0 aliphatic carbocycles. The number of benzene rings is 4. The fourth-order valence-electron chi connectivity index (χ4n) is 4.40. The minimum atomic E-state index is -0.560. The summed E-state index contributed by atoms with van der Waals surface area (Å²) < 4.78 is 22.9. The molecule has 0 radical (unpaired) electrons. The molecule has 1 unspecified atom stereocenters. The summed E-state index contributed by atoms with van der Waals surface area (Å²) in [6.07, 6.45) is 0. The average Bonchev–Trinajstić information content (AvgIpc) is 2.93. The van der Waals surface area contributed by atoms with Gasteiger partial charge in [0.2, 0.25) is 5.88 Å². The number of ether oxygens (including phenoxy) is 4. The van der Waals surface area contributed by atoms with E-state index in [9.17, 15) is 10.1 Å². The van der Waals surface area contributed by atoms with Gasteiger partial charge in [-0.3, -0.25) is 0 Å². The van der Waals surface area contributed by atoms with Gasteiger partial charge in [-0.25, -0.2) is 4.79 Å². The van der Waals surface area contributed by atoms with Gasteiger partial charge >= 0.3 is 5.97 Å². The molecule has 194 valence electrons. The Balaban J connectivity index is 1.37. The van der Waals surface area contributed by atoms with E-state index < -0.39 is 11.9 Å². The van der Waals surface area contributed by atoms with Crippen LogP contribution >= 0.6 is 0 Å². The predicted molar refractivity (Wildman–Crippen MR) is 146 cm³/mol. The van der Waals surface area contributed by atoms with Crippen molar-refractivity contribution in [3.63, 3.8) is 0 Å². The van der Waals surface area contributed by atoms with Crippen molar-refractivity contribution in [2.24, 2.45) is 5.73 Å². The molecule has 7 nitrogen and oxygen atoms in total. The lowest BCUT2D eigenvalue weighted by Gasteiger charge is -2.27. The SMILES string of the molecule is Cc1cccc(OCC(=O)Oc2ccc3c(c2)OC(N)=C(C#N)C3c2cccc(Oc3ccccc3)c2)c1C. The summed E-state index contributed by atoms with van der Waals surface area (Å²) in [5.41, 5.74) is 10.00. The maximum absolute atomic E-state index is 12.5. The number of esters is 1. The van der Waals surface area contributed by atoms with Crippen molar-refractivity contribution in [2.75, 3.05) is 6.61 Å². The number of allylic oxidation sites excluding steroid dienone is 1. The molecule has 2 N–H and O–H groups in total. The van der Waals surface area contributed by atoms with Crippen molar-refractivity contribution in [3.05, 3.63) is 125 Å². The van der Waals surface area contributed by atoms with Crippen LogP contribution in [0.1, 0.15) is 28.2 Å². The predicted octanol–water partition coefficient (Wildman–Crippen LogP) is 6.30. The zero-order valence-electron chi connectivity index (χ0n) is 21.5. The first kappa shape index (κ1) is 25.4. The van der Waals surface area contributed by atoms with E-state index in [1.807, 2.05) is 86.6 Å². The highest BCUT2D eigenvalue weighted by Gasteiger charge is 2.31. The second kappa shape index (κ2) is 11.0. The van der Waals surface area contributed by atoms with Gasteiger partial charge in [0.1, 0.15) is 40.4 Å². The lowest BCUT2D eigenvalue weighted by Crippen LogP contribution is -2.22. The van der Waals surface area contributed by atoms with Crippen LogP contribution in [0.2, 0.25) is 0 Å². The fourth-order valence-corrected chi connectivity index (χ4v) is 4.40. The molecule has 0 amide bonds. The van der Waals surface area contributed by atoms with E-state index in [1.54, 1.807) is 18.2 Å². The van der Waals surface area contributed by atoms with Crippen molar-refractivity contribution < 1.29 is 23.7 Å². The first-order valence-electron chi connectivity index (χ1n) is 12.4. The van der Waals surface area contributed by atoms with Crippen molar-refractivity contribution in [1.82, 2.24) is 0 Å². The number of carbonyl (C=O) groups is 1. The lowest BCUT2D eigenvalue weighted by atomic mass is 9.83. The number of fused-ring (bicyclic) bond motifs is 1. The smallest absolute Gasteiger partial charge is 0.349 e. The normalized spacial score (nSPS) is 14.0. The van der Waals surface area contributed by atoms with Gasteiger partial charge in [0.05, 0.1) is 5.92 Å². The van der Waals surface area contributed by atoms with Crippen LogP contribution in [0.4, 0.5) is 0 Å². The average molecular weight is 519 g/mol. The van der Waals surface area contributed by atoms with Gasteiger partial charge in [-0.2, -0.15) is 5.26 Å². The van der Waals surface area contributed by atoms with E-state index in [0.29, 0.717) is 28.6 Å². The van der Waals surface area contributed by atoms with Crippen LogP contribution in [-0.4, -0.2) is 12.6 Å². The van der Waals surface area contributed by atoms with Gasteiger partial charge in [0.15, 0.2) is 6.61 Å². The molecule has 7 heteroatoms. The van der Waals surface area contributed by atoms with Crippen LogP contribution < -0.4 is 24.7 Å². The van der Waals surface area contributed by atoms with Gasteiger partial charge in [-0.05, 0) is 66.9 Å². The summed E-state index contributed by atoms with van der Waals surface area (Å²) in [6.45, 7) is 3.66. The molecule has 1 atom stereocenters. The second-order valence-electron chi connectivity index (χ2n) is 9.07. The number of nitriles is 1. The molecule has 0 spiro atoms. The molecular formula is C32H26N2O5. The molecule has 0 saturated carbocycles. The highest BCUT2D eigenvalue weighted by Crippen LogP contribution is 2.44. The lowest BCUT2D eigenvalue weighted by molar-refractivity contribution is -0.136. The maximum atomic E-state index is 12.5. The van der Waals surface area contributed by atoms with E-state index in [4.69, 9.17) is 24.7 Å². The summed E-state index contributed by atoms with van der Waals surface area (Å²) in [6, 6.07) is 29.8. The van der Waals surface area contributed by atoms with E-state index in [-0.39, 0.29) is 23.8 Å². The van der Waals surface area contributed by atoms with Crippen LogP contribution in [0, 0.1) is 25.2 Å². The first-order chi connectivity index (χ1) is 18.9. The largest absolute Gasteiger partial charge is 0.482 e. The van der Waals surface area contributed by atoms with Crippen LogP contribution in [0.25, 0.3) is 0 Å². The summed E-state index contributed by atoms with van der Waals surface area (Å²) in [7, 11) is 0. The van der Waals surface area contributed by atoms with Gasteiger partial charge in [-0.1, -0.05) is 48.5 Å². The van der Waals surface area contributed by atoms with Crippen LogP contribution in [0.15, 0.2) is 102 Å². The van der Waals surface area contributed by atoms with Crippen LogP contribution in [0.5, 0.6) is 28.7 Å². The molecule has 1 aliphatic rings. The van der Waals surface area contributed by atoms with Crippen molar-refractivity contribution >= 4 is 5.97 Å². The Kier molecular flexibility index (Phi) is 7.19. The number of hydrogen-bond acceptors (Lipinski definition) is 7. The number of hydrogen-bond donors (Lipinski definition) is 1. The highest BCUT2D eigenvalue weighted by atomic mass is 16.6. The van der Waals surface area contributed by atoms with Crippen molar-refractivity contribution in [1.29, 1.82) is 5.26 Å². The van der Waals surface area contributed by atoms with Gasteiger partial charge < -0.3 is 24.7 Å². The minimum Gasteiger partial charge on any atom is -0.482 e. The standard InChI is InChI=1S/C32H26N2O5/c1-20-8-6-13-28(21(20)2)36-19-30(35)38-25-14-15-26-29(17-25)39-32(34)27(18-33)31(26)22-9-7-12-24(16-22)37-23-10-4-3-5-11-23/h3-17,31H,19,34H2,1-2H3. The third-order valence-corrected chi connectivity index (χ3v) is 6.49. The molecule has 0 fully saturated rings. The molecular weight excluding hydrogens is 492 g/mol. The number of rotatable bonds is 7. The Morgan fingerprint density at radius 2 is 1.69 bits per heavy atom. The molecule has 0 aromatic heterocycles. The molecule has 4 aromatic rings. The van der Waals surface area contributed by atoms with Gasteiger partial charge in [0, 0.05) is 11.6 Å². The highest BCUT2D eigenvalue weighted by molar-refractivity contribution is 5.74. The topological polar surface area (TPSA) is 104 Å². The quantitative estimate of drug-likeness (QED) is 0.226. The number of para-hydroxylation sites is 1. The molecule has 39 heavy (non-hydrogen) atoms. The number of nitrogens with two attached hydrogens (primary N) is 1. The van der Waals surface area contributed by atoms with E-state index in [0.717, 1.165) is 16.7 Å². The third kappa shape index (κ3) is 5.55. The van der Waals surface area contributed by atoms with Crippen molar-refractivity contribution in [2.45, 2.75) is 19.8 Å². The van der Waals surface area contributed by atoms with Crippen LogP contribution in [0.3, 0.4) is 0 Å². The third-order valence-electron chi connectivity index (χ3n) is 6.49. The van der Waals surface area contributed by atoms with E-state index >= 15 is 0 Å². The zero-order chi connectivity index (χ0) is 27.4. The van der Waals surface area contributed by atoms with Crippen LogP contribution in [-0.2, 0) is 4.79 Å². The van der Waals surface area contributed by atoms with Gasteiger partial charge in [-0.15, -0.1) is 0 Å². The summed E-state index contributed by atoms with van der Waals surface area (Å²) in [4.78, 5) is 12.5. The summed E-state index contributed by atoms with van der Waals surface area (Å²) in [5.74, 6) is 1.56. The Labute approximate surface area is 226 Å².